The summed E-state index contributed by atoms with van der Waals surface area (Å²) in [7, 11) is 0. The molecule has 24 heavy (non-hydrogen) atoms. The number of nitrogens with one attached hydrogen (secondary N) is 1. The Bertz CT molecular complexity index is 726. The molecular formula is C19H19NO3S. The van der Waals surface area contributed by atoms with E-state index in [0.717, 1.165) is 10.6 Å². The quantitative estimate of drug-likeness (QED) is 0.461. The van der Waals surface area contributed by atoms with E-state index in [9.17, 15) is 9.59 Å². The van der Waals surface area contributed by atoms with Crippen molar-refractivity contribution in [3.05, 3.63) is 72.3 Å². The molecule has 2 aromatic carbocycles. The minimum absolute atomic E-state index is 0.189. The maximum absolute atomic E-state index is 12.5. The average molecular weight is 341 g/mol. The molecule has 124 valence electrons. The second-order valence-corrected chi connectivity index (χ2v) is 5.91. The van der Waals surface area contributed by atoms with Gasteiger partial charge in [-0.1, -0.05) is 18.2 Å². The van der Waals surface area contributed by atoms with E-state index in [4.69, 9.17) is 4.74 Å². The van der Waals surface area contributed by atoms with Crippen LogP contribution in [-0.4, -0.2) is 24.2 Å². The molecule has 0 fully saturated rings. The van der Waals surface area contributed by atoms with Crippen molar-refractivity contribution < 1.29 is 14.3 Å². The molecule has 2 rings (SSSR count). The van der Waals surface area contributed by atoms with Gasteiger partial charge in [0.15, 0.2) is 0 Å². The summed E-state index contributed by atoms with van der Waals surface area (Å²) in [5.74, 6) is 0.172. The lowest BCUT2D eigenvalue weighted by Crippen LogP contribution is -2.13. The predicted octanol–water partition coefficient (Wildman–Crippen LogP) is 4.39. The topological polar surface area (TPSA) is 55.4 Å². The molecule has 5 heteroatoms. The lowest BCUT2D eigenvalue weighted by Gasteiger charge is -2.10. The fourth-order valence-electron chi connectivity index (χ4n) is 2.03. The van der Waals surface area contributed by atoms with Gasteiger partial charge in [0.2, 0.25) is 0 Å². The number of amides is 1. The summed E-state index contributed by atoms with van der Waals surface area (Å²) in [6.45, 7) is 5.78. The van der Waals surface area contributed by atoms with E-state index in [2.05, 4.69) is 11.9 Å². The van der Waals surface area contributed by atoms with Crippen molar-refractivity contribution in [2.24, 2.45) is 0 Å². The molecule has 4 nitrogen and oxygen atoms in total. The number of carbonyl (C=O) groups excluding carboxylic acids is 2. The SMILES string of the molecule is C=CCSc1ccccc1C(=O)Nc1ccc(C(=O)OCC)cc1. The van der Waals surface area contributed by atoms with Crippen LogP contribution in [-0.2, 0) is 4.74 Å². The van der Waals surface area contributed by atoms with Crippen LogP contribution in [0, 0.1) is 0 Å². The first-order chi connectivity index (χ1) is 11.7. The number of ether oxygens (including phenoxy) is 1. The van der Waals surface area contributed by atoms with Gasteiger partial charge in [0.1, 0.15) is 0 Å². The summed E-state index contributed by atoms with van der Waals surface area (Å²) < 4.78 is 4.93. The second kappa shape index (κ2) is 8.93. The zero-order valence-electron chi connectivity index (χ0n) is 13.5. The molecule has 0 aliphatic heterocycles. The van der Waals surface area contributed by atoms with Gasteiger partial charge in [-0.3, -0.25) is 4.79 Å². The van der Waals surface area contributed by atoms with Gasteiger partial charge in [-0.15, -0.1) is 18.3 Å². The van der Waals surface area contributed by atoms with Crippen LogP contribution >= 0.6 is 11.8 Å². The van der Waals surface area contributed by atoms with Crippen molar-refractivity contribution in [3.63, 3.8) is 0 Å². The highest BCUT2D eigenvalue weighted by Crippen LogP contribution is 2.23. The number of esters is 1. The maximum Gasteiger partial charge on any atom is 0.338 e. The average Bonchev–Trinajstić information content (AvgIpc) is 2.61. The molecule has 0 aromatic heterocycles. The van der Waals surface area contributed by atoms with Crippen LogP contribution in [0.4, 0.5) is 5.69 Å². The largest absolute Gasteiger partial charge is 0.462 e. The summed E-state index contributed by atoms with van der Waals surface area (Å²) in [5.41, 5.74) is 1.69. The van der Waals surface area contributed by atoms with Crippen LogP contribution in [0.1, 0.15) is 27.6 Å². The molecule has 0 spiro atoms. The van der Waals surface area contributed by atoms with E-state index >= 15 is 0 Å². The molecule has 2 aromatic rings. The van der Waals surface area contributed by atoms with Crippen LogP contribution < -0.4 is 5.32 Å². The molecular weight excluding hydrogens is 322 g/mol. The number of rotatable bonds is 7. The fraction of sp³-hybridized carbons (Fsp3) is 0.158. The van der Waals surface area contributed by atoms with Gasteiger partial charge in [-0.2, -0.15) is 0 Å². The Labute approximate surface area is 145 Å². The molecule has 1 N–H and O–H groups in total. The van der Waals surface area contributed by atoms with E-state index in [-0.39, 0.29) is 11.9 Å². The Balaban J connectivity index is 2.10. The summed E-state index contributed by atoms with van der Waals surface area (Å²) in [5, 5.41) is 2.84. The third-order valence-corrected chi connectivity index (χ3v) is 4.21. The molecule has 0 unspecified atom stereocenters. The van der Waals surface area contributed by atoms with Gasteiger partial charge in [0.25, 0.3) is 5.91 Å². The third-order valence-electron chi connectivity index (χ3n) is 3.14. The number of hydrogen-bond acceptors (Lipinski definition) is 4. The van der Waals surface area contributed by atoms with Crippen molar-refractivity contribution in [3.8, 4) is 0 Å². The Morgan fingerprint density at radius 2 is 1.88 bits per heavy atom. The molecule has 0 saturated heterocycles. The zero-order chi connectivity index (χ0) is 17.4. The first-order valence-corrected chi connectivity index (χ1v) is 8.55. The van der Waals surface area contributed by atoms with E-state index in [1.807, 2.05) is 18.2 Å². The first kappa shape index (κ1) is 17.8. The minimum Gasteiger partial charge on any atom is -0.462 e. The van der Waals surface area contributed by atoms with Crippen LogP contribution in [0.5, 0.6) is 0 Å². The molecule has 0 saturated carbocycles. The second-order valence-electron chi connectivity index (χ2n) is 4.85. The van der Waals surface area contributed by atoms with Gasteiger partial charge < -0.3 is 10.1 Å². The molecule has 0 heterocycles. The van der Waals surface area contributed by atoms with E-state index < -0.39 is 0 Å². The van der Waals surface area contributed by atoms with Crippen LogP contribution in [0.2, 0.25) is 0 Å². The van der Waals surface area contributed by atoms with Gasteiger partial charge in [0.05, 0.1) is 17.7 Å². The van der Waals surface area contributed by atoms with E-state index in [1.165, 1.54) is 0 Å². The lowest BCUT2D eigenvalue weighted by molar-refractivity contribution is 0.0526. The van der Waals surface area contributed by atoms with E-state index in [0.29, 0.717) is 23.4 Å². The van der Waals surface area contributed by atoms with Gasteiger partial charge in [0, 0.05) is 16.3 Å². The number of carbonyl (C=O) groups is 2. The molecule has 1 amide bonds. The van der Waals surface area contributed by atoms with Crippen LogP contribution in [0.15, 0.2) is 66.1 Å². The molecule has 0 aliphatic rings. The normalized spacial score (nSPS) is 10.0. The molecule has 0 radical (unpaired) electrons. The van der Waals surface area contributed by atoms with Gasteiger partial charge in [-0.05, 0) is 43.3 Å². The summed E-state index contributed by atoms with van der Waals surface area (Å²) in [4.78, 5) is 25.0. The number of anilines is 1. The zero-order valence-corrected chi connectivity index (χ0v) is 14.3. The van der Waals surface area contributed by atoms with Crippen molar-refractivity contribution in [2.45, 2.75) is 11.8 Å². The van der Waals surface area contributed by atoms with Crippen molar-refractivity contribution in [1.82, 2.24) is 0 Å². The lowest BCUT2D eigenvalue weighted by atomic mass is 10.2. The van der Waals surface area contributed by atoms with Crippen molar-refractivity contribution in [2.75, 3.05) is 17.7 Å². The highest BCUT2D eigenvalue weighted by Gasteiger charge is 2.12. The Kier molecular flexibility index (Phi) is 6.63. The first-order valence-electron chi connectivity index (χ1n) is 7.57. The fourth-order valence-corrected chi connectivity index (χ4v) is 2.82. The summed E-state index contributed by atoms with van der Waals surface area (Å²) in [6, 6.07) is 14.1. The number of benzene rings is 2. The number of thioether (sulfide) groups is 1. The van der Waals surface area contributed by atoms with Gasteiger partial charge in [-0.25, -0.2) is 4.79 Å². The highest BCUT2D eigenvalue weighted by atomic mass is 32.2. The third kappa shape index (κ3) is 4.73. The summed E-state index contributed by atoms with van der Waals surface area (Å²) >= 11 is 1.56. The minimum atomic E-state index is -0.374. The summed E-state index contributed by atoms with van der Waals surface area (Å²) in [6.07, 6.45) is 1.80. The van der Waals surface area contributed by atoms with Gasteiger partial charge >= 0.3 is 5.97 Å². The van der Waals surface area contributed by atoms with Crippen LogP contribution in [0.3, 0.4) is 0 Å². The van der Waals surface area contributed by atoms with Crippen molar-refractivity contribution in [1.29, 1.82) is 0 Å². The van der Waals surface area contributed by atoms with Crippen molar-refractivity contribution >= 4 is 29.3 Å². The monoisotopic (exact) mass is 341 g/mol. The van der Waals surface area contributed by atoms with E-state index in [1.54, 1.807) is 55.1 Å². The standard InChI is InChI=1S/C19H19NO3S/c1-3-13-24-17-8-6-5-7-16(17)18(21)20-15-11-9-14(10-12-15)19(22)23-4-2/h3,5-12H,1,4,13H2,2H3,(H,20,21). The Morgan fingerprint density at radius 3 is 2.54 bits per heavy atom. The smallest absolute Gasteiger partial charge is 0.338 e. The highest BCUT2D eigenvalue weighted by molar-refractivity contribution is 7.99. The molecule has 0 aliphatic carbocycles. The van der Waals surface area contributed by atoms with Crippen LogP contribution in [0.25, 0.3) is 0 Å². The Morgan fingerprint density at radius 1 is 1.17 bits per heavy atom. The maximum atomic E-state index is 12.5. The Hall–Kier alpha value is -2.53. The molecule has 0 bridgehead atoms. The number of hydrogen-bond donors (Lipinski definition) is 1. The molecule has 0 atom stereocenters. The predicted molar refractivity (Wildman–Crippen MR) is 97.7 cm³/mol.